The van der Waals surface area contributed by atoms with Crippen molar-refractivity contribution in [3.63, 3.8) is 0 Å². The average molecular weight is 389 g/mol. The number of tetrazole rings is 1. The fraction of sp³-hybridized carbons (Fsp3) is 0.429. The highest BCUT2D eigenvalue weighted by Crippen LogP contribution is 2.28. The van der Waals surface area contributed by atoms with Gasteiger partial charge in [-0.15, -0.1) is 17.5 Å². The number of nitrogens with zero attached hydrogens (tertiary/aromatic N) is 4. The number of nitrogens with one attached hydrogen (secondary N) is 1. The third kappa shape index (κ3) is 6.77. The van der Waals surface area contributed by atoms with Crippen LogP contribution in [0.2, 0.25) is 0 Å². The van der Waals surface area contributed by atoms with Crippen LogP contribution in [0.15, 0.2) is 23.4 Å². The van der Waals surface area contributed by atoms with Crippen LogP contribution >= 0.6 is 24.2 Å². The third-order valence-electron chi connectivity index (χ3n) is 3.02. The maximum atomic E-state index is 10.8. The predicted octanol–water partition coefficient (Wildman–Crippen LogP) is 0.386. The molecule has 2 aromatic rings. The zero-order valence-corrected chi connectivity index (χ0v) is 15.6. The zero-order chi connectivity index (χ0) is 17.4. The summed E-state index contributed by atoms with van der Waals surface area (Å²) in [5.74, 6) is 1.38. The number of rotatable bonds is 10. The molecule has 0 atom stereocenters. The Morgan fingerprint density at radius 2 is 2.20 bits per heavy atom. The van der Waals surface area contributed by atoms with Gasteiger partial charge in [-0.05, 0) is 28.1 Å². The van der Waals surface area contributed by atoms with Gasteiger partial charge in [-0.1, -0.05) is 17.8 Å². The quantitative estimate of drug-likeness (QED) is 0.443. The number of amides is 1. The lowest BCUT2D eigenvalue weighted by atomic mass is 10.2. The summed E-state index contributed by atoms with van der Waals surface area (Å²) in [5.41, 5.74) is 6.11. The molecule has 3 N–H and O–H groups in total. The number of halogens is 1. The van der Waals surface area contributed by atoms with Crippen molar-refractivity contribution < 1.29 is 14.3 Å². The van der Waals surface area contributed by atoms with Gasteiger partial charge in [0.25, 0.3) is 5.91 Å². The number of hydrogen-bond acceptors (Lipinski definition) is 8. The summed E-state index contributed by atoms with van der Waals surface area (Å²) in [6, 6.07) is 5.54. The van der Waals surface area contributed by atoms with E-state index in [-0.39, 0.29) is 19.0 Å². The molecule has 1 amide bonds. The van der Waals surface area contributed by atoms with Crippen molar-refractivity contribution in [3.05, 3.63) is 23.8 Å². The van der Waals surface area contributed by atoms with E-state index in [4.69, 9.17) is 15.2 Å². The SMILES string of the molecule is COc1cc(CNCCSc2nnnn2C)ccc1OCC(N)=O.Cl. The summed E-state index contributed by atoms with van der Waals surface area (Å²) in [6.07, 6.45) is 0. The number of thioether (sulfide) groups is 1. The number of aryl methyl sites for hydroxylation is 1. The van der Waals surface area contributed by atoms with Gasteiger partial charge in [0.15, 0.2) is 18.1 Å². The zero-order valence-electron chi connectivity index (χ0n) is 14.0. The molecule has 0 saturated heterocycles. The van der Waals surface area contributed by atoms with Crippen molar-refractivity contribution in [1.82, 2.24) is 25.5 Å². The van der Waals surface area contributed by atoms with Crippen LogP contribution in [0, 0.1) is 0 Å². The molecule has 0 aliphatic carbocycles. The van der Waals surface area contributed by atoms with Gasteiger partial charge in [-0.25, -0.2) is 4.68 Å². The smallest absolute Gasteiger partial charge is 0.255 e. The Balaban J connectivity index is 0.00000312. The molecule has 0 saturated carbocycles. The Morgan fingerprint density at radius 1 is 1.40 bits per heavy atom. The number of ether oxygens (including phenoxy) is 2. The lowest BCUT2D eigenvalue weighted by molar-refractivity contribution is -0.119. The first kappa shape index (κ1) is 21.0. The van der Waals surface area contributed by atoms with Gasteiger partial charge in [0.1, 0.15) is 0 Å². The maximum absolute atomic E-state index is 10.8. The molecule has 1 aromatic carbocycles. The van der Waals surface area contributed by atoms with E-state index >= 15 is 0 Å². The van der Waals surface area contributed by atoms with E-state index in [0.29, 0.717) is 18.0 Å². The second-order valence-corrected chi connectivity index (χ2v) is 5.91. The van der Waals surface area contributed by atoms with Crippen LogP contribution in [0.4, 0.5) is 0 Å². The van der Waals surface area contributed by atoms with Gasteiger partial charge < -0.3 is 20.5 Å². The van der Waals surface area contributed by atoms with Crippen LogP contribution < -0.4 is 20.5 Å². The highest BCUT2D eigenvalue weighted by Gasteiger charge is 2.07. The largest absolute Gasteiger partial charge is 0.493 e. The Bertz CT molecular complexity index is 684. The molecule has 0 radical (unpaired) electrons. The van der Waals surface area contributed by atoms with E-state index in [1.807, 2.05) is 19.2 Å². The molecule has 0 unspecified atom stereocenters. The van der Waals surface area contributed by atoms with Crippen molar-refractivity contribution in [1.29, 1.82) is 0 Å². The number of carbonyl (C=O) groups excluding carboxylic acids is 1. The summed E-state index contributed by atoms with van der Waals surface area (Å²) < 4.78 is 12.2. The summed E-state index contributed by atoms with van der Waals surface area (Å²) in [6.45, 7) is 1.31. The van der Waals surface area contributed by atoms with Gasteiger partial charge >= 0.3 is 0 Å². The van der Waals surface area contributed by atoms with Gasteiger partial charge in [0, 0.05) is 25.9 Å². The number of primary amides is 1. The van der Waals surface area contributed by atoms with Crippen LogP contribution in [0.25, 0.3) is 0 Å². The lowest BCUT2D eigenvalue weighted by Crippen LogP contribution is -2.20. The standard InChI is InChI=1S/C14H20N6O3S.ClH/c1-20-14(17-18-19-20)24-6-5-16-8-10-3-4-11(12(7-10)22-2)23-9-13(15)21;/h3-4,7,16H,5-6,8-9H2,1-2H3,(H2,15,21);1H. The first-order valence-corrected chi connectivity index (χ1v) is 8.22. The van der Waals surface area contributed by atoms with Crippen molar-refractivity contribution in [3.8, 4) is 11.5 Å². The normalized spacial score (nSPS) is 10.2. The number of aromatic nitrogens is 4. The molecule has 0 aliphatic heterocycles. The van der Waals surface area contributed by atoms with E-state index in [9.17, 15) is 4.79 Å². The fourth-order valence-corrected chi connectivity index (χ4v) is 2.63. The van der Waals surface area contributed by atoms with Crippen molar-refractivity contribution >= 4 is 30.1 Å². The molecule has 0 fully saturated rings. The Hall–Kier alpha value is -2.04. The monoisotopic (exact) mass is 388 g/mol. The van der Waals surface area contributed by atoms with E-state index in [1.54, 1.807) is 29.6 Å². The van der Waals surface area contributed by atoms with Crippen LogP contribution in [0.1, 0.15) is 5.56 Å². The molecule has 0 aliphatic rings. The lowest BCUT2D eigenvalue weighted by Gasteiger charge is -2.11. The first-order chi connectivity index (χ1) is 11.6. The Morgan fingerprint density at radius 3 is 2.84 bits per heavy atom. The minimum Gasteiger partial charge on any atom is -0.493 e. The fourth-order valence-electron chi connectivity index (χ4n) is 1.88. The number of methoxy groups -OCH3 is 1. The van der Waals surface area contributed by atoms with Crippen molar-refractivity contribution in [2.24, 2.45) is 12.8 Å². The summed E-state index contributed by atoms with van der Waals surface area (Å²) in [5, 5.41) is 15.4. The molecule has 9 nitrogen and oxygen atoms in total. The Kier molecular flexibility index (Phi) is 9.03. The molecule has 1 heterocycles. The van der Waals surface area contributed by atoms with E-state index in [1.165, 1.54) is 0 Å². The highest BCUT2D eigenvalue weighted by molar-refractivity contribution is 7.99. The minimum atomic E-state index is -0.529. The van der Waals surface area contributed by atoms with E-state index in [0.717, 1.165) is 23.0 Å². The second-order valence-electron chi connectivity index (χ2n) is 4.85. The molecular weight excluding hydrogens is 368 g/mol. The average Bonchev–Trinajstić information content (AvgIpc) is 2.98. The second kappa shape index (κ2) is 10.7. The van der Waals surface area contributed by atoms with Crippen molar-refractivity contribution in [2.45, 2.75) is 11.7 Å². The maximum Gasteiger partial charge on any atom is 0.255 e. The van der Waals surface area contributed by atoms with Crippen molar-refractivity contribution in [2.75, 3.05) is 26.0 Å². The minimum absolute atomic E-state index is 0. The molecule has 1 aromatic heterocycles. The summed E-state index contributed by atoms with van der Waals surface area (Å²) in [4.78, 5) is 10.8. The van der Waals surface area contributed by atoms with E-state index < -0.39 is 5.91 Å². The summed E-state index contributed by atoms with van der Waals surface area (Å²) >= 11 is 1.58. The van der Waals surface area contributed by atoms with Crippen LogP contribution in [-0.4, -0.2) is 52.1 Å². The molecule has 25 heavy (non-hydrogen) atoms. The predicted molar refractivity (Wildman–Crippen MR) is 96.2 cm³/mol. The van der Waals surface area contributed by atoms with Crippen LogP contribution in [-0.2, 0) is 18.4 Å². The van der Waals surface area contributed by atoms with Crippen LogP contribution in [0.5, 0.6) is 11.5 Å². The third-order valence-corrected chi connectivity index (χ3v) is 4.03. The Labute approximate surface area is 156 Å². The number of nitrogens with two attached hydrogens (primary N) is 1. The van der Waals surface area contributed by atoms with E-state index in [2.05, 4.69) is 20.8 Å². The topological polar surface area (TPSA) is 117 Å². The molecular formula is C14H21ClN6O3S. The molecule has 0 spiro atoms. The van der Waals surface area contributed by atoms with Gasteiger partial charge in [0.05, 0.1) is 7.11 Å². The van der Waals surface area contributed by atoms with Gasteiger partial charge in [-0.3, -0.25) is 4.79 Å². The molecule has 138 valence electrons. The van der Waals surface area contributed by atoms with Gasteiger partial charge in [-0.2, -0.15) is 0 Å². The number of carbonyl (C=O) groups is 1. The molecule has 11 heteroatoms. The molecule has 0 bridgehead atoms. The highest BCUT2D eigenvalue weighted by atomic mass is 35.5. The van der Waals surface area contributed by atoms with Crippen LogP contribution in [0.3, 0.4) is 0 Å². The molecule has 2 rings (SSSR count). The number of hydrogen-bond donors (Lipinski definition) is 2. The first-order valence-electron chi connectivity index (χ1n) is 7.24. The van der Waals surface area contributed by atoms with Gasteiger partial charge in [0.2, 0.25) is 5.16 Å². The summed E-state index contributed by atoms with van der Waals surface area (Å²) in [7, 11) is 3.36. The number of benzene rings is 1.